The second-order valence-corrected chi connectivity index (χ2v) is 3.07. The van der Waals surface area contributed by atoms with E-state index in [1.54, 1.807) is 0 Å². The van der Waals surface area contributed by atoms with Gasteiger partial charge in [-0.25, -0.2) is 0 Å². The van der Waals surface area contributed by atoms with Crippen LogP contribution in [-0.2, 0) is 14.3 Å². The predicted molar refractivity (Wildman–Crippen MR) is 51.6 cm³/mol. The molecule has 0 aliphatic carbocycles. The van der Waals surface area contributed by atoms with Crippen LogP contribution in [0.25, 0.3) is 0 Å². The highest BCUT2D eigenvalue weighted by Gasteiger charge is 2.27. The lowest BCUT2D eigenvalue weighted by Gasteiger charge is -2.30. The van der Waals surface area contributed by atoms with Crippen molar-refractivity contribution in [1.29, 1.82) is 0 Å². The van der Waals surface area contributed by atoms with Gasteiger partial charge in [0, 0.05) is 19.6 Å². The van der Waals surface area contributed by atoms with E-state index in [1.165, 1.54) is 0 Å². The van der Waals surface area contributed by atoms with Crippen LogP contribution in [0.3, 0.4) is 0 Å². The molecule has 5 heteroatoms. The molecule has 1 rings (SSSR count). The molecule has 0 aromatic heterocycles. The number of hydrogen-bond acceptors (Lipinski definition) is 4. The molecule has 0 aromatic carbocycles. The molecule has 1 amide bonds. The molecule has 1 unspecified atom stereocenters. The van der Waals surface area contributed by atoms with E-state index in [0.717, 1.165) is 0 Å². The summed E-state index contributed by atoms with van der Waals surface area (Å²) in [5, 5.41) is 5.83. The van der Waals surface area contributed by atoms with Crippen molar-refractivity contribution in [2.45, 2.75) is 32.6 Å². The summed E-state index contributed by atoms with van der Waals surface area (Å²) in [6, 6.07) is -0.0383. The summed E-state index contributed by atoms with van der Waals surface area (Å²) in [5.41, 5.74) is 0. The molecule has 0 aromatic rings. The Balaban J connectivity index is 2.43. The van der Waals surface area contributed by atoms with Crippen molar-refractivity contribution < 1.29 is 14.3 Å². The van der Waals surface area contributed by atoms with E-state index in [9.17, 15) is 4.79 Å². The fourth-order valence-corrected chi connectivity index (χ4v) is 1.43. The average Bonchev–Trinajstić information content (AvgIpc) is 2.17. The van der Waals surface area contributed by atoms with Gasteiger partial charge in [0.1, 0.15) is 0 Å². The van der Waals surface area contributed by atoms with Crippen molar-refractivity contribution >= 4 is 5.91 Å². The number of nitrogens with one attached hydrogen (secondary N) is 2. The first-order chi connectivity index (χ1) is 6.77. The van der Waals surface area contributed by atoms with Gasteiger partial charge in [-0.3, -0.25) is 10.1 Å². The van der Waals surface area contributed by atoms with E-state index in [0.29, 0.717) is 26.3 Å². The van der Waals surface area contributed by atoms with Crippen LogP contribution >= 0.6 is 0 Å². The van der Waals surface area contributed by atoms with Crippen LogP contribution in [-0.4, -0.2) is 38.1 Å². The van der Waals surface area contributed by atoms with Gasteiger partial charge in [0.15, 0.2) is 6.29 Å². The van der Waals surface area contributed by atoms with Crippen LogP contribution in [0.2, 0.25) is 0 Å². The van der Waals surface area contributed by atoms with E-state index in [-0.39, 0.29) is 18.2 Å². The highest BCUT2D eigenvalue weighted by Crippen LogP contribution is 2.08. The van der Waals surface area contributed by atoms with E-state index >= 15 is 0 Å². The Morgan fingerprint density at radius 2 is 2.07 bits per heavy atom. The lowest BCUT2D eigenvalue weighted by Crippen LogP contribution is -2.54. The smallest absolute Gasteiger partial charge is 0.222 e. The largest absolute Gasteiger partial charge is 0.351 e. The second kappa shape index (κ2) is 5.95. The van der Waals surface area contributed by atoms with Gasteiger partial charge in [-0.1, -0.05) is 0 Å². The zero-order chi connectivity index (χ0) is 10.4. The monoisotopic (exact) mass is 202 g/mol. The van der Waals surface area contributed by atoms with Gasteiger partial charge in [0.25, 0.3) is 0 Å². The molecule has 0 bridgehead atoms. The van der Waals surface area contributed by atoms with Crippen molar-refractivity contribution in [3.05, 3.63) is 0 Å². The summed E-state index contributed by atoms with van der Waals surface area (Å²) in [7, 11) is 0. The number of carbonyl (C=O) groups excluding carboxylic acids is 1. The van der Waals surface area contributed by atoms with E-state index in [2.05, 4.69) is 10.6 Å². The van der Waals surface area contributed by atoms with Gasteiger partial charge < -0.3 is 14.8 Å². The molecule has 1 saturated heterocycles. The van der Waals surface area contributed by atoms with Crippen LogP contribution in [0.5, 0.6) is 0 Å². The number of hydrogen-bond donors (Lipinski definition) is 2. The first-order valence-corrected chi connectivity index (χ1v) is 5.01. The Morgan fingerprint density at radius 1 is 1.43 bits per heavy atom. The summed E-state index contributed by atoms with van der Waals surface area (Å²) in [4.78, 5) is 11.1. The van der Waals surface area contributed by atoms with Crippen molar-refractivity contribution in [3.8, 4) is 0 Å². The standard InChI is InChI=1S/C9H18N2O3/c1-3-13-9(14-4-2)7-5-8(12)11-6-10-7/h7,9-10H,3-6H2,1-2H3,(H,11,12). The predicted octanol–water partition coefficient (Wildman–Crippen LogP) is -0.179. The fourth-order valence-electron chi connectivity index (χ4n) is 1.43. The lowest BCUT2D eigenvalue weighted by molar-refractivity contribution is -0.161. The molecular formula is C9H18N2O3. The van der Waals surface area contributed by atoms with Crippen LogP contribution in [0.15, 0.2) is 0 Å². The van der Waals surface area contributed by atoms with Gasteiger partial charge in [-0.15, -0.1) is 0 Å². The van der Waals surface area contributed by atoms with E-state index in [1.807, 2.05) is 13.8 Å². The third-order valence-corrected chi connectivity index (χ3v) is 2.05. The summed E-state index contributed by atoms with van der Waals surface area (Å²) >= 11 is 0. The summed E-state index contributed by atoms with van der Waals surface area (Å²) in [6.07, 6.45) is 0.0843. The SMILES string of the molecule is CCOC(OCC)C1CC(=O)NCN1. The molecule has 82 valence electrons. The highest BCUT2D eigenvalue weighted by molar-refractivity contribution is 5.77. The Labute approximate surface area is 84.1 Å². The molecule has 14 heavy (non-hydrogen) atoms. The Hall–Kier alpha value is -0.650. The molecule has 0 saturated carbocycles. The molecule has 1 aliphatic rings. The Bertz CT molecular complexity index is 181. The van der Waals surface area contributed by atoms with Gasteiger partial charge in [0.2, 0.25) is 5.91 Å². The maximum atomic E-state index is 11.1. The third-order valence-electron chi connectivity index (χ3n) is 2.05. The van der Waals surface area contributed by atoms with Crippen LogP contribution in [0.1, 0.15) is 20.3 Å². The van der Waals surface area contributed by atoms with Crippen LogP contribution in [0.4, 0.5) is 0 Å². The molecule has 1 aliphatic heterocycles. The summed E-state index contributed by atoms with van der Waals surface area (Å²) in [5.74, 6) is 0.0400. The first-order valence-electron chi connectivity index (χ1n) is 5.01. The zero-order valence-electron chi connectivity index (χ0n) is 8.71. The van der Waals surface area contributed by atoms with E-state index in [4.69, 9.17) is 9.47 Å². The van der Waals surface area contributed by atoms with Crippen molar-refractivity contribution in [2.75, 3.05) is 19.9 Å². The van der Waals surface area contributed by atoms with Crippen molar-refractivity contribution in [1.82, 2.24) is 10.6 Å². The summed E-state index contributed by atoms with van der Waals surface area (Å²) in [6.45, 7) is 5.49. The molecule has 0 spiro atoms. The van der Waals surface area contributed by atoms with E-state index < -0.39 is 0 Å². The number of amides is 1. The molecule has 2 N–H and O–H groups in total. The zero-order valence-corrected chi connectivity index (χ0v) is 8.71. The fraction of sp³-hybridized carbons (Fsp3) is 0.889. The van der Waals surface area contributed by atoms with Crippen molar-refractivity contribution in [3.63, 3.8) is 0 Å². The maximum absolute atomic E-state index is 11.1. The van der Waals surface area contributed by atoms with Gasteiger partial charge >= 0.3 is 0 Å². The van der Waals surface area contributed by atoms with Gasteiger partial charge in [0.05, 0.1) is 12.7 Å². The molecule has 1 atom stereocenters. The third kappa shape index (κ3) is 3.25. The lowest BCUT2D eigenvalue weighted by atomic mass is 10.1. The molecule has 1 fully saturated rings. The minimum atomic E-state index is -0.323. The summed E-state index contributed by atoms with van der Waals surface area (Å²) < 4.78 is 10.8. The topological polar surface area (TPSA) is 59.6 Å². The molecular weight excluding hydrogens is 184 g/mol. The first kappa shape index (κ1) is 11.4. The number of rotatable bonds is 5. The quantitative estimate of drug-likeness (QED) is 0.607. The number of carbonyl (C=O) groups is 1. The van der Waals surface area contributed by atoms with Crippen molar-refractivity contribution in [2.24, 2.45) is 0 Å². The van der Waals surface area contributed by atoms with Gasteiger partial charge in [-0.05, 0) is 13.8 Å². The molecule has 5 nitrogen and oxygen atoms in total. The minimum absolute atomic E-state index is 0.0383. The van der Waals surface area contributed by atoms with Gasteiger partial charge in [-0.2, -0.15) is 0 Å². The van der Waals surface area contributed by atoms with Crippen LogP contribution in [0, 0.1) is 0 Å². The molecule has 1 heterocycles. The minimum Gasteiger partial charge on any atom is -0.351 e. The normalized spacial score (nSPS) is 22.5. The van der Waals surface area contributed by atoms with Crippen LogP contribution < -0.4 is 10.6 Å². The molecule has 0 radical (unpaired) electrons. The number of ether oxygens (including phenoxy) is 2. The maximum Gasteiger partial charge on any atom is 0.222 e. The average molecular weight is 202 g/mol. The highest BCUT2D eigenvalue weighted by atomic mass is 16.7. The second-order valence-electron chi connectivity index (χ2n) is 3.07. The Morgan fingerprint density at radius 3 is 2.57 bits per heavy atom. The Kier molecular flexibility index (Phi) is 4.86.